The van der Waals surface area contributed by atoms with Crippen LogP contribution in [0.4, 0.5) is 0 Å². The van der Waals surface area contributed by atoms with Gasteiger partial charge in [0.05, 0.1) is 26.4 Å². The van der Waals surface area contributed by atoms with E-state index in [1.54, 1.807) is 12.2 Å². The van der Waals surface area contributed by atoms with Crippen LogP contribution in [0.5, 0.6) is 11.5 Å². The minimum Gasteiger partial charge on any atom is -0.490 e. The first-order valence-corrected chi connectivity index (χ1v) is 11.3. The third kappa shape index (κ3) is 10.2. The summed E-state index contributed by atoms with van der Waals surface area (Å²) in [7, 11) is 0. The molecule has 0 saturated heterocycles. The molecule has 2 aromatic rings. The SMILES string of the molecule is C=CCOCC(COc1ccc2ccc(OCC(COCC=C)OC(=O)C=C)cc2c1)OC(=O)C=C. The van der Waals surface area contributed by atoms with Crippen molar-refractivity contribution in [3.8, 4) is 11.5 Å². The summed E-state index contributed by atoms with van der Waals surface area (Å²) < 4.78 is 33.1. The maximum absolute atomic E-state index is 11.6. The van der Waals surface area contributed by atoms with Gasteiger partial charge in [0.15, 0.2) is 12.2 Å². The normalized spacial score (nSPS) is 12.1. The lowest BCUT2D eigenvalue weighted by Crippen LogP contribution is -2.29. The zero-order valence-electron chi connectivity index (χ0n) is 20.3. The Morgan fingerprint density at radius 3 is 1.50 bits per heavy atom. The van der Waals surface area contributed by atoms with Crippen molar-refractivity contribution in [2.45, 2.75) is 12.2 Å². The number of benzene rings is 2. The second-order valence-electron chi connectivity index (χ2n) is 7.47. The Balaban J connectivity index is 2.04. The van der Waals surface area contributed by atoms with E-state index in [4.69, 9.17) is 28.4 Å². The molecule has 2 unspecified atom stereocenters. The first-order valence-electron chi connectivity index (χ1n) is 11.3. The number of fused-ring (bicyclic) bond motifs is 1. The molecule has 0 spiro atoms. The lowest BCUT2D eigenvalue weighted by atomic mass is 10.1. The summed E-state index contributed by atoms with van der Waals surface area (Å²) in [6, 6.07) is 11.2. The average molecular weight is 497 g/mol. The van der Waals surface area contributed by atoms with Gasteiger partial charge >= 0.3 is 11.9 Å². The van der Waals surface area contributed by atoms with E-state index in [9.17, 15) is 9.59 Å². The molecule has 8 nitrogen and oxygen atoms in total. The van der Waals surface area contributed by atoms with Crippen LogP contribution >= 0.6 is 0 Å². The van der Waals surface area contributed by atoms with Gasteiger partial charge in [0.2, 0.25) is 0 Å². The Bertz CT molecular complexity index is 966. The van der Waals surface area contributed by atoms with Crippen molar-refractivity contribution in [2.75, 3.05) is 39.6 Å². The first kappa shape index (κ1) is 28.4. The Morgan fingerprint density at radius 2 is 1.11 bits per heavy atom. The van der Waals surface area contributed by atoms with Gasteiger partial charge in [-0.3, -0.25) is 0 Å². The fourth-order valence-corrected chi connectivity index (χ4v) is 2.98. The van der Waals surface area contributed by atoms with E-state index in [0.29, 0.717) is 24.7 Å². The Kier molecular flexibility index (Phi) is 12.5. The molecule has 36 heavy (non-hydrogen) atoms. The fourth-order valence-electron chi connectivity index (χ4n) is 2.98. The number of carbonyl (C=O) groups is 2. The predicted molar refractivity (Wildman–Crippen MR) is 137 cm³/mol. The number of hydrogen-bond acceptors (Lipinski definition) is 8. The predicted octanol–water partition coefficient (Wildman–Crippen LogP) is 4.20. The molecule has 0 bridgehead atoms. The maximum Gasteiger partial charge on any atom is 0.330 e. The van der Waals surface area contributed by atoms with Crippen molar-refractivity contribution in [3.63, 3.8) is 0 Å². The van der Waals surface area contributed by atoms with Crippen LogP contribution in [0, 0.1) is 0 Å². The molecule has 0 aliphatic rings. The molecule has 8 heteroatoms. The highest BCUT2D eigenvalue weighted by Gasteiger charge is 2.16. The van der Waals surface area contributed by atoms with Crippen LogP contribution in [0.25, 0.3) is 10.8 Å². The van der Waals surface area contributed by atoms with Gasteiger partial charge in [-0.15, -0.1) is 13.2 Å². The summed E-state index contributed by atoms with van der Waals surface area (Å²) in [5.41, 5.74) is 0. The number of carbonyl (C=O) groups excluding carboxylic acids is 2. The van der Waals surface area contributed by atoms with Crippen LogP contribution in [-0.2, 0) is 28.5 Å². The third-order valence-corrected chi connectivity index (χ3v) is 4.63. The minimum absolute atomic E-state index is 0.0967. The van der Waals surface area contributed by atoms with Gasteiger partial charge in [-0.2, -0.15) is 0 Å². The molecular formula is C28H32O8. The van der Waals surface area contributed by atoms with E-state index in [0.717, 1.165) is 22.9 Å². The van der Waals surface area contributed by atoms with Gasteiger partial charge in [0, 0.05) is 12.2 Å². The largest absolute Gasteiger partial charge is 0.490 e. The van der Waals surface area contributed by atoms with Crippen molar-refractivity contribution in [2.24, 2.45) is 0 Å². The van der Waals surface area contributed by atoms with E-state index in [1.165, 1.54) is 0 Å². The second kappa shape index (κ2) is 15.9. The fraction of sp³-hybridized carbons (Fsp3) is 0.286. The van der Waals surface area contributed by atoms with E-state index < -0.39 is 24.1 Å². The summed E-state index contributed by atoms with van der Waals surface area (Å²) in [5, 5.41) is 1.85. The van der Waals surface area contributed by atoms with Gasteiger partial charge in [-0.1, -0.05) is 37.4 Å². The van der Waals surface area contributed by atoms with Crippen LogP contribution in [0.3, 0.4) is 0 Å². The molecular weight excluding hydrogens is 464 g/mol. The third-order valence-electron chi connectivity index (χ3n) is 4.63. The molecule has 2 atom stereocenters. The van der Waals surface area contributed by atoms with Crippen LogP contribution in [0.15, 0.2) is 87.0 Å². The minimum atomic E-state index is -0.612. The molecule has 0 aliphatic heterocycles. The number of rotatable bonds is 18. The topological polar surface area (TPSA) is 89.5 Å². The molecule has 0 saturated carbocycles. The van der Waals surface area contributed by atoms with Crippen molar-refractivity contribution in [1.29, 1.82) is 0 Å². The molecule has 2 rings (SSSR count). The van der Waals surface area contributed by atoms with Crippen LogP contribution in [-0.4, -0.2) is 63.8 Å². The highest BCUT2D eigenvalue weighted by molar-refractivity contribution is 5.85. The molecule has 0 fully saturated rings. The van der Waals surface area contributed by atoms with Gasteiger partial charge in [-0.25, -0.2) is 9.59 Å². The Morgan fingerprint density at radius 1 is 0.667 bits per heavy atom. The van der Waals surface area contributed by atoms with E-state index in [2.05, 4.69) is 26.3 Å². The zero-order valence-corrected chi connectivity index (χ0v) is 20.3. The van der Waals surface area contributed by atoms with Gasteiger partial charge in [0.25, 0.3) is 0 Å². The van der Waals surface area contributed by atoms with Gasteiger partial charge in [-0.05, 0) is 35.0 Å². The molecule has 0 radical (unpaired) electrons. The zero-order chi connectivity index (χ0) is 26.2. The van der Waals surface area contributed by atoms with Crippen LogP contribution in [0.1, 0.15) is 0 Å². The molecule has 0 N–H and O–H groups in total. The molecule has 0 aromatic heterocycles. The van der Waals surface area contributed by atoms with Gasteiger partial charge < -0.3 is 28.4 Å². The summed E-state index contributed by atoms with van der Waals surface area (Å²) in [5.74, 6) is 0.0495. The summed E-state index contributed by atoms with van der Waals surface area (Å²) in [6.07, 6.45) is 4.17. The van der Waals surface area contributed by atoms with Crippen LogP contribution < -0.4 is 9.47 Å². The Hall–Kier alpha value is -3.88. The average Bonchev–Trinajstić information content (AvgIpc) is 2.89. The lowest BCUT2D eigenvalue weighted by molar-refractivity contribution is -0.148. The molecule has 192 valence electrons. The van der Waals surface area contributed by atoms with E-state index >= 15 is 0 Å². The quantitative estimate of drug-likeness (QED) is 0.131. The number of hydrogen-bond donors (Lipinski definition) is 0. The smallest absolute Gasteiger partial charge is 0.330 e. The van der Waals surface area contributed by atoms with Crippen molar-refractivity contribution in [1.82, 2.24) is 0 Å². The monoisotopic (exact) mass is 496 g/mol. The lowest BCUT2D eigenvalue weighted by Gasteiger charge is -2.18. The Labute approximate surface area is 211 Å². The maximum atomic E-state index is 11.6. The number of ether oxygens (including phenoxy) is 6. The highest BCUT2D eigenvalue weighted by atomic mass is 16.6. The molecule has 0 aliphatic carbocycles. The van der Waals surface area contributed by atoms with Crippen molar-refractivity contribution >= 4 is 22.7 Å². The standard InChI is InChI=1S/C28H32O8/c1-5-13-31-17-25(35-27(29)7-3)19-33-23-11-9-21-10-12-24(16-22(21)15-23)34-20-26(18-32-14-6-2)36-28(30)8-4/h5-12,15-16,25-26H,1-4,13-14,17-20H2. The van der Waals surface area contributed by atoms with E-state index in [1.807, 2.05) is 36.4 Å². The molecule has 0 heterocycles. The summed E-state index contributed by atoms with van der Waals surface area (Å²) in [4.78, 5) is 23.2. The molecule has 0 amide bonds. The van der Waals surface area contributed by atoms with E-state index in [-0.39, 0.29) is 26.4 Å². The molecule has 2 aromatic carbocycles. The highest BCUT2D eigenvalue weighted by Crippen LogP contribution is 2.25. The second-order valence-corrected chi connectivity index (χ2v) is 7.47. The number of esters is 2. The van der Waals surface area contributed by atoms with Gasteiger partial charge in [0.1, 0.15) is 24.7 Å². The summed E-state index contributed by atoms with van der Waals surface area (Å²) >= 11 is 0. The van der Waals surface area contributed by atoms with Crippen molar-refractivity contribution in [3.05, 3.63) is 87.0 Å². The summed E-state index contributed by atoms with van der Waals surface area (Å²) in [6.45, 7) is 15.2. The van der Waals surface area contributed by atoms with Crippen LogP contribution in [0.2, 0.25) is 0 Å². The first-order chi connectivity index (χ1) is 17.5. The van der Waals surface area contributed by atoms with Crippen molar-refractivity contribution < 1.29 is 38.0 Å².